The fourth-order valence-electron chi connectivity index (χ4n) is 2.51. The van der Waals surface area contributed by atoms with Crippen LogP contribution in [-0.2, 0) is 9.53 Å². The van der Waals surface area contributed by atoms with Gasteiger partial charge in [-0.1, -0.05) is 0 Å². The summed E-state index contributed by atoms with van der Waals surface area (Å²) >= 11 is 0. The molecule has 1 aromatic heterocycles. The van der Waals surface area contributed by atoms with Gasteiger partial charge >= 0.3 is 5.97 Å². The molecular formula is C15H16N2O4. The van der Waals surface area contributed by atoms with Gasteiger partial charge in [0.25, 0.3) is 0 Å². The zero-order valence-corrected chi connectivity index (χ0v) is 11.6. The molecule has 3 rings (SSSR count). The molecule has 0 spiro atoms. The van der Waals surface area contributed by atoms with Crippen LogP contribution in [0.4, 0.5) is 5.82 Å². The number of aromatic nitrogens is 1. The van der Waals surface area contributed by atoms with Crippen LogP contribution in [0.1, 0.15) is 0 Å². The second-order valence-electron chi connectivity index (χ2n) is 4.98. The minimum absolute atomic E-state index is 0.228. The molecule has 2 atom stereocenters. The fraction of sp³-hybridized carbons (Fsp3) is 0.333. The van der Waals surface area contributed by atoms with Crippen molar-refractivity contribution in [2.75, 3.05) is 25.6 Å². The molecule has 0 saturated carbocycles. The first-order chi connectivity index (χ1) is 10.2. The highest BCUT2D eigenvalue weighted by atomic mass is 16.5. The number of hydrogen-bond acceptors (Lipinski definition) is 5. The molecule has 6 nitrogen and oxygen atoms in total. The zero-order valence-electron chi connectivity index (χ0n) is 11.6. The third-order valence-electron chi connectivity index (χ3n) is 3.69. The van der Waals surface area contributed by atoms with Crippen molar-refractivity contribution in [3.05, 3.63) is 30.5 Å². The van der Waals surface area contributed by atoms with E-state index in [0.717, 1.165) is 16.5 Å². The topological polar surface area (TPSA) is 80.7 Å². The standard InChI is InChI=1S/C15H16N2O4/c1-20-10-2-3-11-9(6-10)4-5-16-14(11)17-13-8-21-7-12(13)15(18)19/h2-6,12-13H,7-8H2,1H3,(H,16,17)(H,18,19). The second-order valence-corrected chi connectivity index (χ2v) is 4.98. The van der Waals surface area contributed by atoms with E-state index in [1.807, 2.05) is 24.3 Å². The highest BCUT2D eigenvalue weighted by molar-refractivity contribution is 5.92. The molecule has 1 fully saturated rings. The zero-order chi connectivity index (χ0) is 14.8. The number of methoxy groups -OCH3 is 1. The van der Waals surface area contributed by atoms with Gasteiger partial charge in [0.2, 0.25) is 0 Å². The third-order valence-corrected chi connectivity index (χ3v) is 3.69. The van der Waals surface area contributed by atoms with Gasteiger partial charge in [0, 0.05) is 11.6 Å². The molecule has 2 N–H and O–H groups in total. The SMILES string of the molecule is COc1ccc2c(NC3COCC3C(=O)O)nccc2c1. The van der Waals surface area contributed by atoms with Gasteiger partial charge in [-0.15, -0.1) is 0 Å². The number of anilines is 1. The lowest BCUT2D eigenvalue weighted by atomic mass is 10.0. The number of rotatable bonds is 4. The number of pyridine rings is 1. The summed E-state index contributed by atoms with van der Waals surface area (Å²) in [6, 6.07) is 7.30. The number of nitrogens with zero attached hydrogens (tertiary/aromatic N) is 1. The quantitative estimate of drug-likeness (QED) is 0.892. The molecule has 2 unspecified atom stereocenters. The smallest absolute Gasteiger partial charge is 0.311 e. The molecule has 21 heavy (non-hydrogen) atoms. The lowest BCUT2D eigenvalue weighted by molar-refractivity contribution is -0.141. The summed E-state index contributed by atoms with van der Waals surface area (Å²) in [5.41, 5.74) is 0. The first-order valence-electron chi connectivity index (χ1n) is 6.69. The Hall–Kier alpha value is -2.34. The van der Waals surface area contributed by atoms with Crippen molar-refractivity contribution in [3.63, 3.8) is 0 Å². The normalized spacial score (nSPS) is 21.4. The average molecular weight is 288 g/mol. The van der Waals surface area contributed by atoms with Crippen LogP contribution in [0.2, 0.25) is 0 Å². The maximum atomic E-state index is 11.2. The molecule has 1 saturated heterocycles. The van der Waals surface area contributed by atoms with Crippen LogP contribution in [-0.4, -0.2) is 42.4 Å². The highest BCUT2D eigenvalue weighted by Crippen LogP contribution is 2.27. The van der Waals surface area contributed by atoms with Gasteiger partial charge in [-0.2, -0.15) is 0 Å². The van der Waals surface area contributed by atoms with Crippen LogP contribution in [0, 0.1) is 5.92 Å². The van der Waals surface area contributed by atoms with Crippen LogP contribution in [0.15, 0.2) is 30.5 Å². The summed E-state index contributed by atoms with van der Waals surface area (Å²) in [6.45, 7) is 0.594. The summed E-state index contributed by atoms with van der Waals surface area (Å²) < 4.78 is 10.5. The van der Waals surface area contributed by atoms with Gasteiger partial charge in [-0.25, -0.2) is 4.98 Å². The largest absolute Gasteiger partial charge is 0.497 e. The summed E-state index contributed by atoms with van der Waals surface area (Å²) in [5, 5.41) is 14.3. The predicted molar refractivity (Wildman–Crippen MR) is 77.7 cm³/mol. The van der Waals surface area contributed by atoms with Crippen LogP contribution in [0.25, 0.3) is 10.8 Å². The molecular weight excluding hydrogens is 272 g/mol. The number of carbonyl (C=O) groups is 1. The van der Waals surface area contributed by atoms with E-state index >= 15 is 0 Å². The van der Waals surface area contributed by atoms with Gasteiger partial charge in [0.15, 0.2) is 0 Å². The van der Waals surface area contributed by atoms with Crippen molar-refractivity contribution in [1.29, 1.82) is 0 Å². The average Bonchev–Trinajstić information content (AvgIpc) is 2.95. The summed E-state index contributed by atoms with van der Waals surface area (Å²) in [6.07, 6.45) is 1.69. The lowest BCUT2D eigenvalue weighted by Gasteiger charge is -2.17. The first kappa shape index (κ1) is 13.6. The number of fused-ring (bicyclic) bond motifs is 1. The number of aliphatic carboxylic acids is 1. The van der Waals surface area contributed by atoms with Gasteiger partial charge in [-0.05, 0) is 29.7 Å². The van der Waals surface area contributed by atoms with Crippen molar-refractivity contribution in [3.8, 4) is 5.75 Å². The molecule has 0 radical (unpaired) electrons. The van der Waals surface area contributed by atoms with Crippen molar-refractivity contribution < 1.29 is 19.4 Å². The number of hydrogen-bond donors (Lipinski definition) is 2. The Morgan fingerprint density at radius 2 is 2.29 bits per heavy atom. The molecule has 0 amide bonds. The first-order valence-corrected chi connectivity index (χ1v) is 6.69. The van der Waals surface area contributed by atoms with Crippen LogP contribution in [0.3, 0.4) is 0 Å². The Bertz CT molecular complexity index is 674. The van der Waals surface area contributed by atoms with Gasteiger partial charge in [0.1, 0.15) is 17.5 Å². The molecule has 1 aliphatic heterocycles. The van der Waals surface area contributed by atoms with Crippen LogP contribution < -0.4 is 10.1 Å². The molecule has 2 heterocycles. The van der Waals surface area contributed by atoms with E-state index in [9.17, 15) is 9.90 Å². The van der Waals surface area contributed by atoms with E-state index in [1.54, 1.807) is 13.3 Å². The molecule has 0 aliphatic carbocycles. The van der Waals surface area contributed by atoms with Crippen molar-refractivity contribution in [2.24, 2.45) is 5.92 Å². The van der Waals surface area contributed by atoms with Gasteiger partial charge in [0.05, 0.1) is 26.4 Å². The van der Waals surface area contributed by atoms with E-state index in [1.165, 1.54) is 0 Å². The Morgan fingerprint density at radius 1 is 1.43 bits per heavy atom. The Morgan fingerprint density at radius 3 is 3.05 bits per heavy atom. The molecule has 6 heteroatoms. The number of ether oxygens (including phenoxy) is 2. The van der Waals surface area contributed by atoms with E-state index in [4.69, 9.17) is 9.47 Å². The van der Waals surface area contributed by atoms with Gasteiger partial charge in [-0.3, -0.25) is 4.79 Å². The predicted octanol–water partition coefficient (Wildman–Crippen LogP) is 1.75. The fourth-order valence-corrected chi connectivity index (χ4v) is 2.51. The minimum atomic E-state index is -0.855. The van der Waals surface area contributed by atoms with Crippen molar-refractivity contribution in [1.82, 2.24) is 4.98 Å². The van der Waals surface area contributed by atoms with Crippen LogP contribution >= 0.6 is 0 Å². The van der Waals surface area contributed by atoms with E-state index in [2.05, 4.69) is 10.3 Å². The maximum Gasteiger partial charge on any atom is 0.311 e. The Labute approximate surface area is 121 Å². The molecule has 110 valence electrons. The lowest BCUT2D eigenvalue weighted by Crippen LogP contribution is -2.33. The third kappa shape index (κ3) is 2.62. The summed E-state index contributed by atoms with van der Waals surface area (Å²) in [5.74, 6) is 0.0244. The summed E-state index contributed by atoms with van der Waals surface area (Å²) in [4.78, 5) is 15.5. The van der Waals surface area contributed by atoms with E-state index in [-0.39, 0.29) is 12.6 Å². The van der Waals surface area contributed by atoms with E-state index in [0.29, 0.717) is 12.4 Å². The van der Waals surface area contributed by atoms with Crippen LogP contribution in [0.5, 0.6) is 5.75 Å². The molecule has 0 bridgehead atoms. The minimum Gasteiger partial charge on any atom is -0.497 e. The Kier molecular flexibility index (Phi) is 3.62. The van der Waals surface area contributed by atoms with E-state index < -0.39 is 11.9 Å². The number of carboxylic acid groups (broad SMARTS) is 1. The molecule has 1 aliphatic rings. The number of nitrogens with one attached hydrogen (secondary N) is 1. The van der Waals surface area contributed by atoms with Crippen molar-refractivity contribution >= 4 is 22.6 Å². The number of benzene rings is 1. The Balaban J connectivity index is 1.92. The molecule has 2 aromatic rings. The molecule has 1 aromatic carbocycles. The second kappa shape index (κ2) is 5.57. The number of carboxylic acids is 1. The highest BCUT2D eigenvalue weighted by Gasteiger charge is 2.34. The monoisotopic (exact) mass is 288 g/mol. The maximum absolute atomic E-state index is 11.2. The summed E-state index contributed by atoms with van der Waals surface area (Å²) in [7, 11) is 1.62. The van der Waals surface area contributed by atoms with Crippen molar-refractivity contribution in [2.45, 2.75) is 6.04 Å². The van der Waals surface area contributed by atoms with Gasteiger partial charge < -0.3 is 19.9 Å².